The lowest BCUT2D eigenvalue weighted by molar-refractivity contribution is 0.444. The van der Waals surface area contributed by atoms with Crippen LogP contribution in [0, 0.1) is 23.8 Å². The first kappa shape index (κ1) is 8.92. The van der Waals surface area contributed by atoms with Crippen LogP contribution >= 0.6 is 0 Å². The van der Waals surface area contributed by atoms with Crippen LogP contribution in [-0.4, -0.2) is 18.0 Å². The van der Waals surface area contributed by atoms with Crippen LogP contribution in [0.1, 0.15) is 20.8 Å². The Morgan fingerprint density at radius 3 is 2.10 bits per heavy atom. The van der Waals surface area contributed by atoms with Crippen LogP contribution in [0.4, 0.5) is 0 Å². The van der Waals surface area contributed by atoms with Crippen LogP contribution in [0.25, 0.3) is 0 Å². The molecule has 0 unspecified atom stereocenters. The van der Waals surface area contributed by atoms with Gasteiger partial charge in [0, 0.05) is 25.1 Å². The Hall–Kier alpha value is -1.08. The Bertz CT molecular complexity index is 180. The fraction of sp³-hybridized carbons (Fsp3) is 0.556. The maximum atomic E-state index is 2.93. The molecule has 1 heteroatoms. The van der Waals surface area contributed by atoms with Gasteiger partial charge in [0.05, 0.1) is 0 Å². The van der Waals surface area contributed by atoms with Gasteiger partial charge in [-0.3, -0.25) is 0 Å². The lowest BCUT2D eigenvalue weighted by Crippen LogP contribution is -2.15. The summed E-state index contributed by atoms with van der Waals surface area (Å²) in [6, 6.07) is 2.93. The molecule has 0 aliphatic carbocycles. The Morgan fingerprint density at radius 1 is 1.10 bits per heavy atom. The molecular formula is C9H13N. The van der Waals surface area contributed by atoms with Crippen molar-refractivity contribution in [2.75, 3.05) is 13.1 Å². The number of hydrogen-bond donors (Lipinski definition) is 0. The van der Waals surface area contributed by atoms with E-state index < -0.39 is 0 Å². The van der Waals surface area contributed by atoms with E-state index in [1.807, 2.05) is 4.90 Å². The van der Waals surface area contributed by atoms with E-state index in [0.29, 0.717) is 0 Å². The standard InChI is InChI=1S/C9H13N/c1-4-7-8-9-10(5-2)6-3/h5-6H2,1-3H3. The van der Waals surface area contributed by atoms with E-state index in [1.165, 1.54) is 0 Å². The van der Waals surface area contributed by atoms with Gasteiger partial charge in [0.1, 0.15) is 0 Å². The Balaban J connectivity index is 3.82. The Morgan fingerprint density at radius 2 is 1.70 bits per heavy atom. The second-order valence-corrected chi connectivity index (χ2v) is 1.78. The van der Waals surface area contributed by atoms with Crippen molar-refractivity contribution < 1.29 is 0 Å². The fourth-order valence-electron chi connectivity index (χ4n) is 0.551. The summed E-state index contributed by atoms with van der Waals surface area (Å²) in [4.78, 5) is 2.02. The lowest BCUT2D eigenvalue weighted by atomic mass is 10.5. The maximum Gasteiger partial charge on any atom is 0.0232 e. The average Bonchev–Trinajstić information content (AvgIpc) is 1.99. The third-order valence-electron chi connectivity index (χ3n) is 1.16. The highest BCUT2D eigenvalue weighted by Crippen LogP contribution is 1.80. The topological polar surface area (TPSA) is 3.24 Å². The third kappa shape index (κ3) is 3.87. The molecule has 1 nitrogen and oxygen atoms in total. The normalized spacial score (nSPS) is 6.70. The van der Waals surface area contributed by atoms with E-state index in [0.717, 1.165) is 13.1 Å². The van der Waals surface area contributed by atoms with Gasteiger partial charge in [0.25, 0.3) is 0 Å². The molecule has 0 aliphatic heterocycles. The molecule has 0 spiro atoms. The van der Waals surface area contributed by atoms with Crippen molar-refractivity contribution in [2.45, 2.75) is 20.8 Å². The van der Waals surface area contributed by atoms with Crippen LogP contribution in [-0.2, 0) is 0 Å². The van der Waals surface area contributed by atoms with Gasteiger partial charge in [0.2, 0.25) is 0 Å². The van der Waals surface area contributed by atoms with Crippen molar-refractivity contribution in [3.63, 3.8) is 0 Å². The zero-order valence-electron chi connectivity index (χ0n) is 6.86. The molecule has 0 heterocycles. The molecule has 0 rings (SSSR count). The highest BCUT2D eigenvalue weighted by molar-refractivity contribution is 5.24. The molecule has 0 N–H and O–H groups in total. The van der Waals surface area contributed by atoms with Crippen molar-refractivity contribution in [1.29, 1.82) is 0 Å². The van der Waals surface area contributed by atoms with E-state index in [1.54, 1.807) is 6.92 Å². The monoisotopic (exact) mass is 135 g/mol. The van der Waals surface area contributed by atoms with Gasteiger partial charge in [-0.05, 0) is 26.7 Å². The first-order valence-corrected chi connectivity index (χ1v) is 3.52. The molecule has 0 amide bonds. The van der Waals surface area contributed by atoms with Gasteiger partial charge in [-0.2, -0.15) is 0 Å². The summed E-state index contributed by atoms with van der Waals surface area (Å²) in [6.07, 6.45) is 0. The molecule has 0 atom stereocenters. The van der Waals surface area contributed by atoms with Crippen LogP contribution in [0.3, 0.4) is 0 Å². The zero-order valence-corrected chi connectivity index (χ0v) is 6.86. The van der Waals surface area contributed by atoms with E-state index in [9.17, 15) is 0 Å². The summed E-state index contributed by atoms with van der Waals surface area (Å²) >= 11 is 0. The smallest absolute Gasteiger partial charge is 0.0232 e. The second-order valence-electron chi connectivity index (χ2n) is 1.78. The molecular weight excluding hydrogens is 122 g/mol. The predicted octanol–water partition coefficient (Wildman–Crippen LogP) is 1.31. The van der Waals surface area contributed by atoms with Crippen molar-refractivity contribution in [3.8, 4) is 23.8 Å². The fourth-order valence-corrected chi connectivity index (χ4v) is 0.551. The molecule has 0 radical (unpaired) electrons. The van der Waals surface area contributed by atoms with E-state index >= 15 is 0 Å². The Kier molecular flexibility index (Phi) is 5.39. The molecule has 0 saturated heterocycles. The molecule has 0 saturated carbocycles. The highest BCUT2D eigenvalue weighted by atomic mass is 15.1. The van der Waals surface area contributed by atoms with Crippen molar-refractivity contribution in [3.05, 3.63) is 0 Å². The maximum absolute atomic E-state index is 2.93. The molecule has 0 fully saturated rings. The minimum atomic E-state index is 0.967. The zero-order chi connectivity index (χ0) is 7.82. The van der Waals surface area contributed by atoms with Gasteiger partial charge in [0.15, 0.2) is 0 Å². The predicted molar refractivity (Wildman–Crippen MR) is 44.1 cm³/mol. The minimum Gasteiger partial charge on any atom is -0.332 e. The van der Waals surface area contributed by atoms with E-state index in [-0.39, 0.29) is 0 Å². The largest absolute Gasteiger partial charge is 0.332 e. The van der Waals surface area contributed by atoms with Gasteiger partial charge in [-0.25, -0.2) is 0 Å². The van der Waals surface area contributed by atoms with Crippen LogP contribution < -0.4 is 0 Å². The Labute approximate surface area is 63.4 Å². The minimum absolute atomic E-state index is 0.967. The van der Waals surface area contributed by atoms with Crippen LogP contribution in [0.15, 0.2) is 0 Å². The molecule has 0 aromatic heterocycles. The molecule has 54 valence electrons. The van der Waals surface area contributed by atoms with Crippen LogP contribution in [0.5, 0.6) is 0 Å². The highest BCUT2D eigenvalue weighted by Gasteiger charge is 1.85. The molecule has 0 bridgehead atoms. The van der Waals surface area contributed by atoms with Gasteiger partial charge < -0.3 is 4.90 Å². The van der Waals surface area contributed by atoms with Crippen LogP contribution in [0.2, 0.25) is 0 Å². The van der Waals surface area contributed by atoms with E-state index in [4.69, 9.17) is 0 Å². The van der Waals surface area contributed by atoms with Crippen molar-refractivity contribution in [2.24, 2.45) is 0 Å². The van der Waals surface area contributed by atoms with Crippen molar-refractivity contribution in [1.82, 2.24) is 4.90 Å². The van der Waals surface area contributed by atoms with Gasteiger partial charge in [-0.1, -0.05) is 5.92 Å². The second kappa shape index (κ2) is 6.05. The quantitative estimate of drug-likeness (QED) is 0.407. The van der Waals surface area contributed by atoms with Gasteiger partial charge in [-0.15, -0.1) is 0 Å². The first-order valence-electron chi connectivity index (χ1n) is 3.52. The number of nitrogens with zero attached hydrogens (tertiary/aromatic N) is 1. The summed E-state index contributed by atoms with van der Waals surface area (Å²) < 4.78 is 0. The number of rotatable bonds is 2. The van der Waals surface area contributed by atoms with E-state index in [2.05, 4.69) is 37.7 Å². The third-order valence-corrected chi connectivity index (χ3v) is 1.16. The summed E-state index contributed by atoms with van der Waals surface area (Å²) in [5.41, 5.74) is 0. The first-order chi connectivity index (χ1) is 4.85. The summed E-state index contributed by atoms with van der Waals surface area (Å²) in [7, 11) is 0. The molecule has 0 aromatic rings. The summed E-state index contributed by atoms with van der Waals surface area (Å²) in [6.45, 7) is 7.88. The number of hydrogen-bond acceptors (Lipinski definition) is 1. The molecule has 0 aliphatic rings. The van der Waals surface area contributed by atoms with Gasteiger partial charge >= 0.3 is 0 Å². The molecule has 0 aromatic carbocycles. The van der Waals surface area contributed by atoms with Crippen molar-refractivity contribution >= 4 is 0 Å². The SMILES string of the molecule is CC#CC#CN(CC)CC. The average molecular weight is 135 g/mol. The summed E-state index contributed by atoms with van der Waals surface area (Å²) in [5.74, 6) is 8.17. The molecule has 10 heavy (non-hydrogen) atoms. The summed E-state index contributed by atoms with van der Waals surface area (Å²) in [5, 5.41) is 0. The lowest BCUT2D eigenvalue weighted by Gasteiger charge is -2.09.